The Morgan fingerprint density at radius 2 is 1.62 bits per heavy atom. The molecule has 0 aromatic heterocycles. The number of hydrogen-bond donors (Lipinski definition) is 1. The first-order valence-corrected chi connectivity index (χ1v) is 7.96. The van der Waals surface area contributed by atoms with Crippen LogP contribution in [0.5, 0.6) is 0 Å². The van der Waals surface area contributed by atoms with Crippen LogP contribution in [-0.2, 0) is 4.79 Å². The summed E-state index contributed by atoms with van der Waals surface area (Å²) in [5.74, 6) is 0.0407. The Hall–Kier alpha value is -1.74. The number of carbonyl (C=O) groups is 1. The lowest BCUT2D eigenvalue weighted by Crippen LogP contribution is -2.23. The summed E-state index contributed by atoms with van der Waals surface area (Å²) in [7, 11) is 0. The molecule has 0 spiro atoms. The van der Waals surface area contributed by atoms with Gasteiger partial charge in [0.05, 0.1) is 5.25 Å². The average molecular weight is 299 g/mol. The van der Waals surface area contributed by atoms with Gasteiger partial charge in [-0.05, 0) is 51.0 Å². The molecule has 1 amide bonds. The van der Waals surface area contributed by atoms with E-state index in [9.17, 15) is 4.79 Å². The number of amides is 1. The predicted molar refractivity (Wildman–Crippen MR) is 91.0 cm³/mol. The molecule has 1 N–H and O–H groups in total. The second-order valence-electron chi connectivity index (χ2n) is 5.34. The lowest BCUT2D eigenvalue weighted by atomic mass is 10.1. The van der Waals surface area contributed by atoms with Gasteiger partial charge in [-0.25, -0.2) is 0 Å². The molecule has 21 heavy (non-hydrogen) atoms. The van der Waals surface area contributed by atoms with Gasteiger partial charge in [0.25, 0.3) is 0 Å². The maximum Gasteiger partial charge on any atom is 0.237 e. The van der Waals surface area contributed by atoms with Crippen molar-refractivity contribution < 1.29 is 4.79 Å². The standard InChI is InChI=1S/C18H21NOS/c1-12-10-13(2)17(14(3)11-12)19-18(20)15(4)21-16-8-6-5-7-9-16/h5-11,15H,1-4H3,(H,19,20). The van der Waals surface area contributed by atoms with Gasteiger partial charge in [0, 0.05) is 10.6 Å². The van der Waals surface area contributed by atoms with Gasteiger partial charge in [-0.15, -0.1) is 11.8 Å². The van der Waals surface area contributed by atoms with Crippen molar-refractivity contribution in [3.63, 3.8) is 0 Å². The van der Waals surface area contributed by atoms with E-state index in [-0.39, 0.29) is 11.2 Å². The normalized spacial score (nSPS) is 12.0. The molecule has 2 aromatic carbocycles. The zero-order valence-corrected chi connectivity index (χ0v) is 13.8. The molecule has 3 heteroatoms. The van der Waals surface area contributed by atoms with E-state index < -0.39 is 0 Å². The minimum Gasteiger partial charge on any atom is -0.325 e. The summed E-state index contributed by atoms with van der Waals surface area (Å²) in [5.41, 5.74) is 4.37. The van der Waals surface area contributed by atoms with Crippen LogP contribution >= 0.6 is 11.8 Å². The van der Waals surface area contributed by atoms with Crippen LogP contribution in [0.4, 0.5) is 5.69 Å². The van der Waals surface area contributed by atoms with Crippen molar-refractivity contribution in [3.8, 4) is 0 Å². The van der Waals surface area contributed by atoms with E-state index >= 15 is 0 Å². The molecule has 2 aromatic rings. The zero-order valence-electron chi connectivity index (χ0n) is 12.9. The summed E-state index contributed by atoms with van der Waals surface area (Å²) in [6.45, 7) is 8.07. The Kier molecular flexibility index (Phi) is 5.07. The molecule has 0 bridgehead atoms. The molecule has 0 saturated heterocycles. The third-order valence-electron chi connectivity index (χ3n) is 3.35. The molecule has 0 aliphatic heterocycles. The molecule has 2 nitrogen and oxygen atoms in total. The molecular weight excluding hydrogens is 278 g/mol. The second-order valence-corrected chi connectivity index (χ2v) is 6.75. The zero-order chi connectivity index (χ0) is 15.4. The average Bonchev–Trinajstić information content (AvgIpc) is 2.43. The van der Waals surface area contributed by atoms with Gasteiger partial charge in [-0.2, -0.15) is 0 Å². The predicted octanol–water partition coefficient (Wildman–Crippen LogP) is 4.73. The van der Waals surface area contributed by atoms with Crippen molar-refractivity contribution in [3.05, 3.63) is 59.2 Å². The van der Waals surface area contributed by atoms with E-state index in [1.807, 2.05) is 51.1 Å². The highest BCUT2D eigenvalue weighted by Crippen LogP contribution is 2.26. The van der Waals surface area contributed by atoms with Gasteiger partial charge in [-0.1, -0.05) is 35.9 Å². The monoisotopic (exact) mass is 299 g/mol. The van der Waals surface area contributed by atoms with Crippen molar-refractivity contribution >= 4 is 23.4 Å². The van der Waals surface area contributed by atoms with Crippen LogP contribution in [0.15, 0.2) is 47.4 Å². The lowest BCUT2D eigenvalue weighted by molar-refractivity contribution is -0.115. The van der Waals surface area contributed by atoms with Crippen LogP contribution in [0.25, 0.3) is 0 Å². The van der Waals surface area contributed by atoms with Crippen molar-refractivity contribution in [1.82, 2.24) is 0 Å². The third kappa shape index (κ3) is 4.11. The van der Waals surface area contributed by atoms with Crippen LogP contribution in [0.1, 0.15) is 23.6 Å². The molecule has 110 valence electrons. The molecule has 0 aliphatic rings. The quantitative estimate of drug-likeness (QED) is 0.827. The molecule has 1 atom stereocenters. The molecule has 0 fully saturated rings. The van der Waals surface area contributed by atoms with E-state index in [1.54, 1.807) is 11.8 Å². The summed E-state index contributed by atoms with van der Waals surface area (Å²) in [5, 5.41) is 2.93. The Balaban J connectivity index is 2.08. The summed E-state index contributed by atoms with van der Waals surface area (Å²) in [6.07, 6.45) is 0. The smallest absolute Gasteiger partial charge is 0.237 e. The number of anilines is 1. The van der Waals surface area contributed by atoms with Gasteiger partial charge in [0.2, 0.25) is 5.91 Å². The largest absolute Gasteiger partial charge is 0.325 e. The van der Waals surface area contributed by atoms with E-state index in [4.69, 9.17) is 0 Å². The van der Waals surface area contributed by atoms with Crippen molar-refractivity contribution in [2.24, 2.45) is 0 Å². The molecule has 1 unspecified atom stereocenters. The van der Waals surface area contributed by atoms with E-state index in [0.29, 0.717) is 0 Å². The van der Waals surface area contributed by atoms with Crippen LogP contribution in [0.3, 0.4) is 0 Å². The van der Waals surface area contributed by atoms with Gasteiger partial charge in [-0.3, -0.25) is 4.79 Å². The topological polar surface area (TPSA) is 29.1 Å². The number of rotatable bonds is 4. The summed E-state index contributed by atoms with van der Waals surface area (Å²) >= 11 is 1.57. The number of thioether (sulfide) groups is 1. The van der Waals surface area contributed by atoms with Gasteiger partial charge >= 0.3 is 0 Å². The van der Waals surface area contributed by atoms with Crippen LogP contribution in [0.2, 0.25) is 0 Å². The number of hydrogen-bond acceptors (Lipinski definition) is 2. The van der Waals surface area contributed by atoms with Gasteiger partial charge < -0.3 is 5.32 Å². The minimum atomic E-state index is -0.132. The first-order chi connectivity index (χ1) is 9.97. The first-order valence-electron chi connectivity index (χ1n) is 7.08. The van der Waals surface area contributed by atoms with Crippen LogP contribution in [-0.4, -0.2) is 11.2 Å². The SMILES string of the molecule is Cc1cc(C)c(NC(=O)C(C)Sc2ccccc2)c(C)c1. The molecule has 2 rings (SSSR count). The highest BCUT2D eigenvalue weighted by Gasteiger charge is 2.16. The molecular formula is C18H21NOS. The highest BCUT2D eigenvalue weighted by atomic mass is 32.2. The summed E-state index contributed by atoms with van der Waals surface area (Å²) in [6, 6.07) is 14.2. The van der Waals surface area contributed by atoms with Crippen LogP contribution < -0.4 is 5.32 Å². The fourth-order valence-corrected chi connectivity index (χ4v) is 3.25. The van der Waals surface area contributed by atoms with E-state index in [0.717, 1.165) is 21.7 Å². The summed E-state index contributed by atoms with van der Waals surface area (Å²) in [4.78, 5) is 13.5. The second kappa shape index (κ2) is 6.81. The minimum absolute atomic E-state index is 0.0407. The summed E-state index contributed by atoms with van der Waals surface area (Å²) < 4.78 is 0. The number of carbonyl (C=O) groups excluding carboxylic acids is 1. The van der Waals surface area contributed by atoms with Crippen LogP contribution in [0, 0.1) is 20.8 Å². The van der Waals surface area contributed by atoms with Crippen molar-refractivity contribution in [2.45, 2.75) is 37.8 Å². The van der Waals surface area contributed by atoms with Gasteiger partial charge in [0.15, 0.2) is 0 Å². The number of benzene rings is 2. The number of aryl methyl sites for hydroxylation is 3. The van der Waals surface area contributed by atoms with E-state index in [1.165, 1.54) is 5.56 Å². The molecule has 0 radical (unpaired) electrons. The Morgan fingerprint density at radius 1 is 1.05 bits per heavy atom. The molecule has 0 heterocycles. The first kappa shape index (κ1) is 15.6. The highest BCUT2D eigenvalue weighted by molar-refractivity contribution is 8.00. The molecule has 0 aliphatic carbocycles. The van der Waals surface area contributed by atoms with Gasteiger partial charge in [0.1, 0.15) is 0 Å². The maximum atomic E-state index is 12.4. The third-order valence-corrected chi connectivity index (χ3v) is 4.46. The Morgan fingerprint density at radius 3 is 2.19 bits per heavy atom. The molecule has 0 saturated carbocycles. The van der Waals surface area contributed by atoms with Crippen molar-refractivity contribution in [2.75, 3.05) is 5.32 Å². The maximum absolute atomic E-state index is 12.4. The number of nitrogens with one attached hydrogen (secondary N) is 1. The van der Waals surface area contributed by atoms with Crippen molar-refractivity contribution in [1.29, 1.82) is 0 Å². The van der Waals surface area contributed by atoms with E-state index in [2.05, 4.69) is 24.4 Å². The Bertz CT molecular complexity index is 614. The fraction of sp³-hybridized carbons (Fsp3) is 0.278. The lowest BCUT2D eigenvalue weighted by Gasteiger charge is -2.16. The Labute approximate surface area is 131 Å². The fourth-order valence-electron chi connectivity index (χ4n) is 2.36.